The molecule has 1 aromatic carbocycles. The summed E-state index contributed by atoms with van der Waals surface area (Å²) in [7, 11) is 0. The topological polar surface area (TPSA) is 48.1 Å². The van der Waals surface area contributed by atoms with Crippen molar-refractivity contribution >= 4 is 11.3 Å². The average Bonchev–Trinajstić information content (AvgIpc) is 2.89. The summed E-state index contributed by atoms with van der Waals surface area (Å²) in [4.78, 5) is 4.69. The zero-order valence-corrected chi connectivity index (χ0v) is 13.2. The zero-order valence-electron chi connectivity index (χ0n) is 12.4. The Hall–Kier alpha value is -1.46. The van der Waals surface area contributed by atoms with Gasteiger partial charge in [0, 0.05) is 28.8 Å². The number of nitrogens with two attached hydrogens (primary N) is 1. The Morgan fingerprint density at radius 1 is 1.38 bits per heavy atom. The van der Waals surface area contributed by atoms with Gasteiger partial charge in [-0.3, -0.25) is 0 Å². The van der Waals surface area contributed by atoms with Gasteiger partial charge in [-0.25, -0.2) is 9.37 Å². The smallest absolute Gasteiger partial charge is 0.143 e. The number of hydrogen-bond donors (Lipinski definition) is 1. The van der Waals surface area contributed by atoms with Crippen LogP contribution in [0, 0.1) is 5.82 Å². The minimum Gasteiger partial charge on any atom is -0.484 e. The molecule has 1 aliphatic heterocycles. The molecule has 3 nitrogen and oxygen atoms in total. The molecule has 1 aromatic heterocycles. The molecule has 21 heavy (non-hydrogen) atoms. The molecular formula is C16H19FN2OS. The van der Waals surface area contributed by atoms with Gasteiger partial charge in [0.25, 0.3) is 0 Å². The number of benzene rings is 1. The average molecular weight is 306 g/mol. The van der Waals surface area contributed by atoms with E-state index in [0.717, 1.165) is 16.3 Å². The highest BCUT2D eigenvalue weighted by Crippen LogP contribution is 2.40. The van der Waals surface area contributed by atoms with Gasteiger partial charge in [0.1, 0.15) is 17.7 Å². The van der Waals surface area contributed by atoms with Crippen molar-refractivity contribution in [2.24, 2.45) is 5.73 Å². The van der Waals surface area contributed by atoms with Crippen molar-refractivity contribution in [2.75, 3.05) is 0 Å². The molecule has 3 rings (SSSR count). The van der Waals surface area contributed by atoms with Gasteiger partial charge in [0.05, 0.1) is 10.7 Å². The lowest BCUT2D eigenvalue weighted by molar-refractivity contribution is 0.157. The Balaban J connectivity index is 1.89. The van der Waals surface area contributed by atoms with E-state index in [0.29, 0.717) is 12.2 Å². The first kappa shape index (κ1) is 14.5. The Bertz CT molecular complexity index is 663. The van der Waals surface area contributed by atoms with Gasteiger partial charge < -0.3 is 10.5 Å². The van der Waals surface area contributed by atoms with Crippen molar-refractivity contribution in [3.63, 3.8) is 0 Å². The predicted octanol–water partition coefficient (Wildman–Crippen LogP) is 4.10. The standard InChI is InChI=1S/C16H19FN2OS/c1-16(2,3)15-19-12(8-21-15)14-7-11(18)10-6-9(17)4-5-13(10)20-14/h4-6,8,11,14H,7,18H2,1-3H3/t11-,14?/m1/s1. The number of rotatable bonds is 1. The van der Waals surface area contributed by atoms with Crippen molar-refractivity contribution in [1.82, 2.24) is 4.98 Å². The van der Waals surface area contributed by atoms with Crippen LogP contribution >= 0.6 is 11.3 Å². The fourth-order valence-corrected chi connectivity index (χ4v) is 3.38. The first-order valence-electron chi connectivity index (χ1n) is 7.02. The lowest BCUT2D eigenvalue weighted by atomic mass is 9.95. The maximum atomic E-state index is 13.3. The van der Waals surface area contributed by atoms with Crippen LogP contribution < -0.4 is 10.5 Å². The Morgan fingerprint density at radius 2 is 2.14 bits per heavy atom. The van der Waals surface area contributed by atoms with Crippen LogP contribution in [0.2, 0.25) is 0 Å². The summed E-state index contributed by atoms with van der Waals surface area (Å²) in [5.41, 5.74) is 7.84. The van der Waals surface area contributed by atoms with E-state index in [4.69, 9.17) is 15.5 Å². The van der Waals surface area contributed by atoms with Gasteiger partial charge >= 0.3 is 0 Å². The maximum absolute atomic E-state index is 13.3. The van der Waals surface area contributed by atoms with E-state index in [1.54, 1.807) is 17.4 Å². The van der Waals surface area contributed by atoms with E-state index >= 15 is 0 Å². The van der Waals surface area contributed by atoms with Crippen molar-refractivity contribution in [1.29, 1.82) is 0 Å². The second-order valence-electron chi connectivity index (χ2n) is 6.46. The van der Waals surface area contributed by atoms with Crippen LogP contribution in [-0.4, -0.2) is 4.98 Å². The monoisotopic (exact) mass is 306 g/mol. The minimum absolute atomic E-state index is 0.0285. The number of thiazole rings is 1. The molecule has 0 amide bonds. The first-order valence-corrected chi connectivity index (χ1v) is 7.90. The SMILES string of the molecule is CC(C)(C)c1nc(C2C[C@@H](N)c3cc(F)ccc3O2)cs1. The molecule has 0 bridgehead atoms. The summed E-state index contributed by atoms with van der Waals surface area (Å²) in [6.45, 7) is 6.42. The second kappa shape index (κ2) is 5.07. The maximum Gasteiger partial charge on any atom is 0.143 e. The molecule has 2 N–H and O–H groups in total. The number of aromatic nitrogens is 1. The largest absolute Gasteiger partial charge is 0.484 e. The molecular weight excluding hydrogens is 287 g/mol. The highest BCUT2D eigenvalue weighted by molar-refractivity contribution is 7.09. The quantitative estimate of drug-likeness (QED) is 0.862. The molecule has 0 saturated carbocycles. The third-order valence-electron chi connectivity index (χ3n) is 3.60. The number of nitrogens with zero attached hydrogens (tertiary/aromatic N) is 1. The Labute approximate surface area is 128 Å². The van der Waals surface area contributed by atoms with Crippen LogP contribution in [0.15, 0.2) is 23.6 Å². The fraction of sp³-hybridized carbons (Fsp3) is 0.438. The predicted molar refractivity (Wildman–Crippen MR) is 82.1 cm³/mol. The zero-order chi connectivity index (χ0) is 15.2. The van der Waals surface area contributed by atoms with Crippen molar-refractivity contribution in [2.45, 2.75) is 44.8 Å². The van der Waals surface area contributed by atoms with Crippen LogP contribution in [-0.2, 0) is 5.41 Å². The summed E-state index contributed by atoms with van der Waals surface area (Å²) in [6.07, 6.45) is 0.453. The van der Waals surface area contributed by atoms with Gasteiger partial charge in [-0.05, 0) is 18.2 Å². The van der Waals surface area contributed by atoms with Crippen molar-refractivity contribution < 1.29 is 9.13 Å². The van der Waals surface area contributed by atoms with E-state index in [2.05, 4.69) is 20.8 Å². The Morgan fingerprint density at radius 3 is 2.81 bits per heavy atom. The summed E-state index contributed by atoms with van der Waals surface area (Å²) >= 11 is 1.64. The third-order valence-corrected chi connectivity index (χ3v) is 4.89. The van der Waals surface area contributed by atoms with Gasteiger partial charge in [-0.2, -0.15) is 0 Å². The van der Waals surface area contributed by atoms with Crippen LogP contribution in [0.3, 0.4) is 0 Å². The van der Waals surface area contributed by atoms with E-state index in [1.807, 2.05) is 5.38 Å². The van der Waals surface area contributed by atoms with E-state index < -0.39 is 0 Å². The lowest BCUT2D eigenvalue weighted by Gasteiger charge is -2.29. The number of hydrogen-bond acceptors (Lipinski definition) is 4. The molecule has 2 heterocycles. The van der Waals surface area contributed by atoms with Crippen LogP contribution in [0.25, 0.3) is 0 Å². The molecule has 1 unspecified atom stereocenters. The normalized spacial score (nSPS) is 21.8. The molecule has 0 saturated heterocycles. The number of halogens is 1. The number of ether oxygens (including phenoxy) is 1. The molecule has 2 aromatic rings. The molecule has 1 aliphatic rings. The molecule has 112 valence electrons. The van der Waals surface area contributed by atoms with Crippen LogP contribution in [0.5, 0.6) is 5.75 Å². The minimum atomic E-state index is -0.282. The van der Waals surface area contributed by atoms with Crippen molar-refractivity contribution in [3.8, 4) is 5.75 Å². The van der Waals surface area contributed by atoms with Gasteiger partial charge in [0.15, 0.2) is 0 Å². The van der Waals surface area contributed by atoms with E-state index in [9.17, 15) is 4.39 Å². The summed E-state index contributed by atoms with van der Waals surface area (Å²) in [5, 5.41) is 3.12. The van der Waals surface area contributed by atoms with Gasteiger partial charge in [-0.15, -0.1) is 11.3 Å². The highest BCUT2D eigenvalue weighted by atomic mass is 32.1. The second-order valence-corrected chi connectivity index (χ2v) is 7.32. The van der Waals surface area contributed by atoms with Gasteiger partial charge in [0.2, 0.25) is 0 Å². The highest BCUT2D eigenvalue weighted by Gasteiger charge is 2.30. The van der Waals surface area contributed by atoms with E-state index in [-0.39, 0.29) is 23.4 Å². The first-order chi connectivity index (χ1) is 9.84. The number of fused-ring (bicyclic) bond motifs is 1. The molecule has 0 radical (unpaired) electrons. The van der Waals surface area contributed by atoms with Crippen LogP contribution in [0.4, 0.5) is 4.39 Å². The van der Waals surface area contributed by atoms with Crippen molar-refractivity contribution in [3.05, 3.63) is 45.7 Å². The summed E-state index contributed by atoms with van der Waals surface area (Å²) < 4.78 is 19.3. The fourth-order valence-electron chi connectivity index (χ4n) is 2.44. The van der Waals surface area contributed by atoms with E-state index in [1.165, 1.54) is 12.1 Å². The summed E-state index contributed by atoms with van der Waals surface area (Å²) in [5.74, 6) is 0.375. The summed E-state index contributed by atoms with van der Waals surface area (Å²) in [6, 6.07) is 4.27. The third kappa shape index (κ3) is 2.80. The molecule has 0 spiro atoms. The molecule has 2 atom stereocenters. The lowest BCUT2D eigenvalue weighted by Crippen LogP contribution is -2.24. The Kier molecular flexibility index (Phi) is 3.50. The molecule has 0 fully saturated rings. The van der Waals surface area contributed by atoms with Crippen LogP contribution in [0.1, 0.15) is 55.6 Å². The molecule has 5 heteroatoms. The van der Waals surface area contributed by atoms with Gasteiger partial charge in [-0.1, -0.05) is 20.8 Å². The molecule has 0 aliphatic carbocycles.